The lowest BCUT2D eigenvalue weighted by atomic mass is 9.97. The largest absolute Gasteiger partial charge is 0.479 e. The zero-order chi connectivity index (χ0) is 10.8. The highest BCUT2D eigenvalue weighted by atomic mass is 79.9. The summed E-state index contributed by atoms with van der Waals surface area (Å²) < 4.78 is 0.871. The van der Waals surface area contributed by atoms with E-state index in [0.29, 0.717) is 0 Å². The molecule has 0 spiro atoms. The third kappa shape index (κ3) is 2.82. The highest BCUT2D eigenvalue weighted by Crippen LogP contribution is 2.17. The molecule has 1 aromatic rings. The number of carboxylic acid groups (broad SMARTS) is 1. The topological polar surface area (TPSA) is 57.5 Å². The Morgan fingerprint density at radius 2 is 2.21 bits per heavy atom. The van der Waals surface area contributed by atoms with Gasteiger partial charge in [-0.05, 0) is 24.6 Å². The molecule has 0 aliphatic heterocycles. The minimum absolute atomic E-state index is 0.0990. The summed E-state index contributed by atoms with van der Waals surface area (Å²) in [4.78, 5) is 10.6. The fourth-order valence-corrected chi connectivity index (χ4v) is 1.57. The van der Waals surface area contributed by atoms with E-state index in [1.54, 1.807) is 18.2 Å². The molecule has 0 bridgehead atoms. The van der Waals surface area contributed by atoms with Crippen LogP contribution in [-0.2, 0) is 11.2 Å². The van der Waals surface area contributed by atoms with Gasteiger partial charge < -0.3 is 10.2 Å². The van der Waals surface area contributed by atoms with Crippen molar-refractivity contribution in [2.75, 3.05) is 0 Å². The summed E-state index contributed by atoms with van der Waals surface area (Å²) >= 11 is 3.28. The molecule has 1 atom stereocenters. The maximum atomic E-state index is 10.6. The van der Waals surface area contributed by atoms with Crippen LogP contribution in [0.3, 0.4) is 0 Å². The van der Waals surface area contributed by atoms with Crippen molar-refractivity contribution in [2.45, 2.75) is 18.9 Å². The van der Waals surface area contributed by atoms with E-state index in [4.69, 9.17) is 5.11 Å². The molecule has 0 amide bonds. The SMILES string of the molecule is C[C@](O)(Cc1cccc(Br)c1)C(=O)O. The quantitative estimate of drug-likeness (QED) is 0.870. The van der Waals surface area contributed by atoms with Gasteiger partial charge in [0.25, 0.3) is 0 Å². The van der Waals surface area contributed by atoms with Gasteiger partial charge in [-0.2, -0.15) is 0 Å². The van der Waals surface area contributed by atoms with Crippen molar-refractivity contribution in [3.05, 3.63) is 34.3 Å². The Labute approximate surface area is 90.5 Å². The first kappa shape index (κ1) is 11.2. The van der Waals surface area contributed by atoms with Crippen molar-refractivity contribution >= 4 is 21.9 Å². The van der Waals surface area contributed by atoms with Crippen molar-refractivity contribution < 1.29 is 15.0 Å². The van der Waals surface area contributed by atoms with E-state index in [1.807, 2.05) is 6.07 Å². The predicted molar refractivity (Wildman–Crippen MR) is 56.1 cm³/mol. The number of aliphatic hydroxyl groups is 1. The molecule has 0 radical (unpaired) electrons. The van der Waals surface area contributed by atoms with Crippen LogP contribution in [0, 0.1) is 0 Å². The van der Waals surface area contributed by atoms with Crippen molar-refractivity contribution in [3.63, 3.8) is 0 Å². The predicted octanol–water partition coefficient (Wildman–Crippen LogP) is 1.83. The molecule has 0 aromatic heterocycles. The lowest BCUT2D eigenvalue weighted by Crippen LogP contribution is -2.37. The molecule has 14 heavy (non-hydrogen) atoms. The number of halogens is 1. The second-order valence-corrected chi connectivity index (χ2v) is 4.30. The monoisotopic (exact) mass is 258 g/mol. The molecule has 0 saturated carbocycles. The Balaban J connectivity index is 2.83. The molecule has 1 aromatic carbocycles. The highest BCUT2D eigenvalue weighted by Gasteiger charge is 2.29. The summed E-state index contributed by atoms with van der Waals surface area (Å²) in [6.45, 7) is 1.29. The highest BCUT2D eigenvalue weighted by molar-refractivity contribution is 9.10. The molecular weight excluding hydrogens is 248 g/mol. The Kier molecular flexibility index (Phi) is 3.29. The van der Waals surface area contributed by atoms with Gasteiger partial charge in [0.2, 0.25) is 0 Å². The van der Waals surface area contributed by atoms with E-state index < -0.39 is 11.6 Å². The van der Waals surface area contributed by atoms with E-state index in [2.05, 4.69) is 15.9 Å². The van der Waals surface area contributed by atoms with Crippen LogP contribution in [0.1, 0.15) is 12.5 Å². The van der Waals surface area contributed by atoms with E-state index in [0.717, 1.165) is 10.0 Å². The Morgan fingerprint density at radius 1 is 1.57 bits per heavy atom. The normalized spacial score (nSPS) is 14.8. The minimum atomic E-state index is -1.71. The second kappa shape index (κ2) is 4.11. The van der Waals surface area contributed by atoms with Gasteiger partial charge in [-0.25, -0.2) is 4.79 Å². The average Bonchev–Trinajstić information content (AvgIpc) is 2.02. The number of aliphatic carboxylic acids is 1. The van der Waals surface area contributed by atoms with Crippen molar-refractivity contribution in [2.24, 2.45) is 0 Å². The zero-order valence-electron chi connectivity index (χ0n) is 7.70. The third-order valence-corrected chi connectivity index (χ3v) is 2.39. The molecule has 0 aliphatic carbocycles. The van der Waals surface area contributed by atoms with Crippen molar-refractivity contribution in [1.29, 1.82) is 0 Å². The number of rotatable bonds is 3. The second-order valence-electron chi connectivity index (χ2n) is 3.39. The molecule has 0 aliphatic rings. The zero-order valence-corrected chi connectivity index (χ0v) is 9.28. The van der Waals surface area contributed by atoms with Gasteiger partial charge >= 0.3 is 5.97 Å². The maximum Gasteiger partial charge on any atom is 0.335 e. The van der Waals surface area contributed by atoms with Crippen LogP contribution >= 0.6 is 15.9 Å². The average molecular weight is 259 g/mol. The van der Waals surface area contributed by atoms with Gasteiger partial charge in [0.1, 0.15) is 0 Å². The molecule has 0 fully saturated rings. The summed E-state index contributed by atoms with van der Waals surface area (Å²) in [5.41, 5.74) is -0.923. The van der Waals surface area contributed by atoms with E-state index in [-0.39, 0.29) is 6.42 Å². The lowest BCUT2D eigenvalue weighted by molar-refractivity contribution is -0.156. The molecule has 1 rings (SSSR count). The Bertz CT molecular complexity index is 347. The van der Waals surface area contributed by atoms with Crippen LogP contribution in [0.25, 0.3) is 0 Å². The fraction of sp³-hybridized carbons (Fsp3) is 0.300. The number of benzene rings is 1. The summed E-state index contributed by atoms with van der Waals surface area (Å²) in [6.07, 6.45) is 0.0990. The molecule has 2 N–H and O–H groups in total. The smallest absolute Gasteiger partial charge is 0.335 e. The third-order valence-electron chi connectivity index (χ3n) is 1.90. The summed E-state index contributed by atoms with van der Waals surface area (Å²) in [5.74, 6) is -1.21. The van der Waals surface area contributed by atoms with Gasteiger partial charge in [0.15, 0.2) is 5.60 Å². The minimum Gasteiger partial charge on any atom is -0.479 e. The number of carboxylic acids is 1. The van der Waals surface area contributed by atoms with Crippen molar-refractivity contribution in [1.82, 2.24) is 0 Å². The van der Waals surface area contributed by atoms with Crippen molar-refractivity contribution in [3.8, 4) is 0 Å². The Hall–Kier alpha value is -0.870. The molecule has 76 valence electrons. The number of carbonyl (C=O) groups is 1. The maximum absolute atomic E-state index is 10.6. The van der Waals surface area contributed by atoms with Crippen LogP contribution < -0.4 is 0 Å². The number of hydrogen-bond donors (Lipinski definition) is 2. The number of hydrogen-bond acceptors (Lipinski definition) is 2. The molecular formula is C10H11BrO3. The van der Waals surface area contributed by atoms with Crippen LogP contribution in [0.5, 0.6) is 0 Å². The molecule has 0 unspecified atom stereocenters. The van der Waals surface area contributed by atoms with Crippen LogP contribution in [-0.4, -0.2) is 21.8 Å². The standard InChI is InChI=1S/C10H11BrO3/c1-10(14,9(12)13)6-7-3-2-4-8(11)5-7/h2-5,14H,6H2,1H3,(H,12,13)/t10-/m0/s1. The van der Waals surface area contributed by atoms with Gasteiger partial charge in [0, 0.05) is 10.9 Å². The van der Waals surface area contributed by atoms with Gasteiger partial charge in [-0.1, -0.05) is 28.1 Å². The summed E-state index contributed by atoms with van der Waals surface area (Å²) in [6, 6.07) is 7.22. The first-order chi connectivity index (χ1) is 6.42. The van der Waals surface area contributed by atoms with Crippen LogP contribution in [0.15, 0.2) is 28.7 Å². The molecule has 0 heterocycles. The molecule has 0 saturated heterocycles. The Morgan fingerprint density at radius 3 is 2.71 bits per heavy atom. The first-order valence-corrected chi connectivity index (χ1v) is 4.91. The lowest BCUT2D eigenvalue weighted by Gasteiger charge is -2.17. The van der Waals surface area contributed by atoms with Crippen LogP contribution in [0.2, 0.25) is 0 Å². The fourth-order valence-electron chi connectivity index (χ4n) is 1.12. The van der Waals surface area contributed by atoms with Gasteiger partial charge in [0.05, 0.1) is 0 Å². The van der Waals surface area contributed by atoms with E-state index >= 15 is 0 Å². The molecule has 4 heteroatoms. The molecule has 3 nitrogen and oxygen atoms in total. The van der Waals surface area contributed by atoms with E-state index in [1.165, 1.54) is 6.92 Å². The van der Waals surface area contributed by atoms with Crippen LogP contribution in [0.4, 0.5) is 0 Å². The summed E-state index contributed by atoms with van der Waals surface area (Å²) in [7, 11) is 0. The van der Waals surface area contributed by atoms with E-state index in [9.17, 15) is 9.90 Å². The first-order valence-electron chi connectivity index (χ1n) is 4.12. The summed E-state index contributed by atoms with van der Waals surface area (Å²) in [5, 5.41) is 18.2. The van der Waals surface area contributed by atoms with Gasteiger partial charge in [-0.3, -0.25) is 0 Å². The van der Waals surface area contributed by atoms with Gasteiger partial charge in [-0.15, -0.1) is 0 Å².